The fourth-order valence-electron chi connectivity index (χ4n) is 1.93. The van der Waals surface area contributed by atoms with E-state index in [1.54, 1.807) is 17.5 Å². The first-order valence-corrected chi connectivity index (χ1v) is 7.01. The van der Waals surface area contributed by atoms with Crippen LogP contribution in [-0.2, 0) is 7.05 Å². The third-order valence-electron chi connectivity index (χ3n) is 3.06. The molecule has 18 heavy (non-hydrogen) atoms. The molecule has 0 aliphatic carbocycles. The number of hydrogen-bond donors (Lipinski definition) is 2. The predicted octanol–water partition coefficient (Wildman–Crippen LogP) is 1.93. The van der Waals surface area contributed by atoms with Gasteiger partial charge in [-0.2, -0.15) is 0 Å². The third-order valence-corrected chi connectivity index (χ3v) is 4.00. The van der Waals surface area contributed by atoms with Crippen molar-refractivity contribution in [3.63, 3.8) is 0 Å². The highest BCUT2D eigenvalue weighted by molar-refractivity contribution is 7.10. The molecule has 5 heteroatoms. The number of hydrogen-bond acceptors (Lipinski definition) is 4. The van der Waals surface area contributed by atoms with Crippen LogP contribution in [0.2, 0.25) is 0 Å². The maximum Gasteiger partial charge on any atom is 0.131 e. The minimum atomic E-state index is 0.0436. The normalized spacial score (nSPS) is 14.6. The average molecular weight is 265 g/mol. The molecule has 2 atom stereocenters. The molecule has 0 aliphatic rings. The molecule has 0 saturated heterocycles. The summed E-state index contributed by atoms with van der Waals surface area (Å²) in [6.45, 7) is 2.21. The lowest BCUT2D eigenvalue weighted by atomic mass is 10.1. The number of nitrogens with zero attached hydrogens (tertiary/aromatic N) is 2. The van der Waals surface area contributed by atoms with Gasteiger partial charge in [-0.1, -0.05) is 13.0 Å². The molecule has 0 saturated carbocycles. The minimum Gasteiger partial charge on any atom is -0.395 e. The van der Waals surface area contributed by atoms with Crippen LogP contribution in [0.1, 0.15) is 30.1 Å². The molecular formula is C13H19N3OS. The molecule has 2 heterocycles. The topological polar surface area (TPSA) is 50.1 Å². The number of rotatable bonds is 6. The zero-order chi connectivity index (χ0) is 13.0. The second kappa shape index (κ2) is 6.13. The highest BCUT2D eigenvalue weighted by Crippen LogP contribution is 2.25. The highest BCUT2D eigenvalue weighted by atomic mass is 32.1. The van der Waals surface area contributed by atoms with Crippen molar-refractivity contribution >= 4 is 11.3 Å². The van der Waals surface area contributed by atoms with Crippen LogP contribution in [0.15, 0.2) is 29.9 Å². The Morgan fingerprint density at radius 3 is 2.89 bits per heavy atom. The summed E-state index contributed by atoms with van der Waals surface area (Å²) in [6.07, 6.45) is 4.64. The molecule has 98 valence electrons. The summed E-state index contributed by atoms with van der Waals surface area (Å²) in [5, 5.41) is 14.9. The molecule has 0 bridgehead atoms. The van der Waals surface area contributed by atoms with Crippen LogP contribution in [0.3, 0.4) is 0 Å². The van der Waals surface area contributed by atoms with Crippen LogP contribution in [-0.4, -0.2) is 27.3 Å². The summed E-state index contributed by atoms with van der Waals surface area (Å²) < 4.78 is 2.02. The number of aromatic nitrogens is 2. The van der Waals surface area contributed by atoms with Crippen molar-refractivity contribution in [2.24, 2.45) is 7.05 Å². The molecule has 0 aromatic carbocycles. The fourth-order valence-corrected chi connectivity index (χ4v) is 2.71. The van der Waals surface area contributed by atoms with E-state index in [1.807, 2.05) is 23.9 Å². The quantitative estimate of drug-likeness (QED) is 0.839. The Labute approximate surface area is 111 Å². The van der Waals surface area contributed by atoms with Crippen LogP contribution >= 0.6 is 11.3 Å². The molecule has 0 radical (unpaired) electrons. The lowest BCUT2D eigenvalue weighted by molar-refractivity contribution is 0.231. The van der Waals surface area contributed by atoms with Gasteiger partial charge in [-0.3, -0.25) is 5.32 Å². The summed E-state index contributed by atoms with van der Waals surface area (Å²) in [5.41, 5.74) is 0. The van der Waals surface area contributed by atoms with Gasteiger partial charge in [0.1, 0.15) is 11.9 Å². The van der Waals surface area contributed by atoms with E-state index in [-0.39, 0.29) is 18.7 Å². The highest BCUT2D eigenvalue weighted by Gasteiger charge is 2.21. The molecule has 2 N–H and O–H groups in total. The van der Waals surface area contributed by atoms with E-state index in [0.717, 1.165) is 12.2 Å². The Morgan fingerprint density at radius 2 is 2.39 bits per heavy atom. The second-order valence-corrected chi connectivity index (χ2v) is 5.28. The van der Waals surface area contributed by atoms with Gasteiger partial charge in [0.15, 0.2) is 0 Å². The summed E-state index contributed by atoms with van der Waals surface area (Å²) in [5.74, 6) is 0.976. The van der Waals surface area contributed by atoms with Gasteiger partial charge in [0, 0.05) is 30.4 Å². The first kappa shape index (κ1) is 13.3. The molecule has 2 aromatic rings. The number of imidazole rings is 1. The van der Waals surface area contributed by atoms with E-state index in [4.69, 9.17) is 0 Å². The first-order valence-electron chi connectivity index (χ1n) is 6.13. The summed E-state index contributed by atoms with van der Waals surface area (Å²) in [7, 11) is 1.99. The molecular weight excluding hydrogens is 246 g/mol. The van der Waals surface area contributed by atoms with Crippen molar-refractivity contribution in [2.75, 3.05) is 6.61 Å². The van der Waals surface area contributed by atoms with Crippen molar-refractivity contribution in [1.29, 1.82) is 0 Å². The zero-order valence-corrected chi connectivity index (χ0v) is 11.5. The Hall–Kier alpha value is -1.17. The van der Waals surface area contributed by atoms with Crippen LogP contribution in [0, 0.1) is 0 Å². The monoisotopic (exact) mass is 265 g/mol. The third kappa shape index (κ3) is 2.80. The molecule has 0 aliphatic heterocycles. The molecule has 2 aromatic heterocycles. The van der Waals surface area contributed by atoms with Gasteiger partial charge in [-0.15, -0.1) is 11.3 Å². The number of aryl methyl sites for hydroxylation is 1. The van der Waals surface area contributed by atoms with Crippen LogP contribution in [0.5, 0.6) is 0 Å². The van der Waals surface area contributed by atoms with Gasteiger partial charge < -0.3 is 9.67 Å². The van der Waals surface area contributed by atoms with Crippen molar-refractivity contribution in [1.82, 2.24) is 14.9 Å². The average Bonchev–Trinajstić information content (AvgIpc) is 3.03. The van der Waals surface area contributed by atoms with E-state index in [0.29, 0.717) is 0 Å². The maximum atomic E-state index is 9.35. The van der Waals surface area contributed by atoms with Crippen LogP contribution in [0.4, 0.5) is 0 Å². The van der Waals surface area contributed by atoms with E-state index in [2.05, 4.69) is 28.7 Å². The lowest BCUT2D eigenvalue weighted by Crippen LogP contribution is -2.36. The Morgan fingerprint density at radius 1 is 1.56 bits per heavy atom. The van der Waals surface area contributed by atoms with Crippen molar-refractivity contribution < 1.29 is 5.11 Å². The van der Waals surface area contributed by atoms with Gasteiger partial charge in [-0.25, -0.2) is 4.98 Å². The Kier molecular flexibility index (Phi) is 4.52. The maximum absolute atomic E-state index is 9.35. The number of aliphatic hydroxyl groups excluding tert-OH is 1. The van der Waals surface area contributed by atoms with Gasteiger partial charge >= 0.3 is 0 Å². The van der Waals surface area contributed by atoms with E-state index >= 15 is 0 Å². The predicted molar refractivity (Wildman–Crippen MR) is 73.7 cm³/mol. The molecule has 2 rings (SSSR count). The Balaban J connectivity index is 2.27. The van der Waals surface area contributed by atoms with Crippen molar-refractivity contribution in [3.8, 4) is 0 Å². The standard InChI is InChI=1S/C13H19N3OS/c1-3-10(9-17)15-12(11-5-4-8-18-11)13-14-6-7-16(13)2/h4-8,10,12,15,17H,3,9H2,1-2H3/t10-,12?/m1/s1. The lowest BCUT2D eigenvalue weighted by Gasteiger charge is -2.22. The molecule has 0 amide bonds. The molecule has 4 nitrogen and oxygen atoms in total. The molecule has 0 fully saturated rings. The Bertz CT molecular complexity index is 462. The number of aliphatic hydroxyl groups is 1. The zero-order valence-electron chi connectivity index (χ0n) is 10.7. The van der Waals surface area contributed by atoms with Gasteiger partial charge in [0.2, 0.25) is 0 Å². The van der Waals surface area contributed by atoms with Crippen LogP contribution in [0.25, 0.3) is 0 Å². The van der Waals surface area contributed by atoms with Crippen LogP contribution < -0.4 is 5.32 Å². The van der Waals surface area contributed by atoms with E-state index in [9.17, 15) is 5.11 Å². The number of nitrogens with one attached hydrogen (secondary N) is 1. The van der Waals surface area contributed by atoms with Gasteiger partial charge in [0.05, 0.1) is 6.61 Å². The molecule has 1 unspecified atom stereocenters. The van der Waals surface area contributed by atoms with Crippen molar-refractivity contribution in [2.45, 2.75) is 25.4 Å². The first-order chi connectivity index (χ1) is 8.76. The van der Waals surface area contributed by atoms with Crippen molar-refractivity contribution in [3.05, 3.63) is 40.6 Å². The summed E-state index contributed by atoms with van der Waals surface area (Å²) in [4.78, 5) is 5.64. The second-order valence-electron chi connectivity index (χ2n) is 4.30. The van der Waals surface area contributed by atoms with Gasteiger partial charge in [-0.05, 0) is 17.9 Å². The van der Waals surface area contributed by atoms with E-state index in [1.165, 1.54) is 4.88 Å². The van der Waals surface area contributed by atoms with E-state index < -0.39 is 0 Å². The smallest absolute Gasteiger partial charge is 0.131 e. The summed E-state index contributed by atoms with van der Waals surface area (Å²) >= 11 is 1.70. The minimum absolute atomic E-state index is 0.0436. The fraction of sp³-hybridized carbons (Fsp3) is 0.462. The largest absolute Gasteiger partial charge is 0.395 e. The van der Waals surface area contributed by atoms with Gasteiger partial charge in [0.25, 0.3) is 0 Å². The SMILES string of the molecule is CC[C@H](CO)NC(c1cccs1)c1nccn1C. The summed E-state index contributed by atoms with van der Waals surface area (Å²) in [6, 6.07) is 4.27. The molecule has 0 spiro atoms. The number of thiophene rings is 1.